The summed E-state index contributed by atoms with van der Waals surface area (Å²) in [4.78, 5) is 4.17. The number of para-hydroxylation sites is 1. The molecule has 2 heterocycles. The van der Waals surface area contributed by atoms with Crippen LogP contribution in [0.1, 0.15) is 29.2 Å². The summed E-state index contributed by atoms with van der Waals surface area (Å²) in [5, 5.41) is 3.42. The van der Waals surface area contributed by atoms with Crippen LogP contribution in [0.2, 0.25) is 0 Å². The minimum atomic E-state index is 0.322. The van der Waals surface area contributed by atoms with Crippen LogP contribution in [-0.4, -0.2) is 18.6 Å². The van der Waals surface area contributed by atoms with Gasteiger partial charge in [0.05, 0.1) is 6.61 Å². The number of nitrogens with one attached hydrogen (secondary N) is 1. The van der Waals surface area contributed by atoms with Gasteiger partial charge in [-0.25, -0.2) is 0 Å². The molecule has 20 heavy (non-hydrogen) atoms. The van der Waals surface area contributed by atoms with Crippen LogP contribution in [0.4, 0.5) is 0 Å². The van der Waals surface area contributed by atoms with Crippen molar-refractivity contribution in [2.75, 3.05) is 13.7 Å². The molecule has 3 heteroatoms. The van der Waals surface area contributed by atoms with Crippen molar-refractivity contribution in [1.29, 1.82) is 0 Å². The maximum absolute atomic E-state index is 5.81. The van der Waals surface area contributed by atoms with Gasteiger partial charge in [0, 0.05) is 30.4 Å². The van der Waals surface area contributed by atoms with Crippen molar-refractivity contribution in [1.82, 2.24) is 10.3 Å². The Kier molecular flexibility index (Phi) is 3.97. The lowest BCUT2D eigenvalue weighted by Gasteiger charge is -2.19. The second-order valence-electron chi connectivity index (χ2n) is 5.18. The zero-order chi connectivity index (χ0) is 13.8. The van der Waals surface area contributed by atoms with E-state index in [1.807, 2.05) is 25.5 Å². The van der Waals surface area contributed by atoms with Crippen molar-refractivity contribution in [2.24, 2.45) is 0 Å². The fraction of sp³-hybridized carbons (Fsp3) is 0.353. The first-order valence-electron chi connectivity index (χ1n) is 7.19. The fourth-order valence-electron chi connectivity index (χ4n) is 2.83. The molecular weight excluding hydrogens is 248 g/mol. The van der Waals surface area contributed by atoms with Crippen molar-refractivity contribution in [2.45, 2.75) is 25.3 Å². The molecule has 104 valence electrons. The average Bonchev–Trinajstić information content (AvgIpc) is 2.98. The normalized spacial score (nSPS) is 14.7. The summed E-state index contributed by atoms with van der Waals surface area (Å²) in [6.07, 6.45) is 6.85. The zero-order valence-electron chi connectivity index (χ0n) is 11.8. The van der Waals surface area contributed by atoms with Gasteiger partial charge in [0.1, 0.15) is 5.75 Å². The molecule has 1 unspecified atom stereocenters. The van der Waals surface area contributed by atoms with Crippen molar-refractivity contribution in [3.05, 3.63) is 59.4 Å². The first-order chi connectivity index (χ1) is 9.88. The molecule has 1 N–H and O–H groups in total. The molecule has 1 aromatic heterocycles. The number of benzene rings is 1. The van der Waals surface area contributed by atoms with E-state index in [2.05, 4.69) is 34.6 Å². The van der Waals surface area contributed by atoms with Crippen LogP contribution in [-0.2, 0) is 12.8 Å². The highest BCUT2D eigenvalue weighted by molar-refractivity contribution is 5.45. The Hall–Kier alpha value is -1.87. The van der Waals surface area contributed by atoms with Crippen LogP contribution in [0, 0.1) is 0 Å². The van der Waals surface area contributed by atoms with E-state index in [0.29, 0.717) is 6.04 Å². The highest BCUT2D eigenvalue weighted by Crippen LogP contribution is 2.34. The minimum Gasteiger partial charge on any atom is -0.493 e. The number of aryl methyl sites for hydroxylation is 1. The number of hydrogen-bond acceptors (Lipinski definition) is 3. The second kappa shape index (κ2) is 6.06. The third-order valence-corrected chi connectivity index (χ3v) is 3.91. The molecule has 3 rings (SSSR count). The number of rotatable bonds is 5. The van der Waals surface area contributed by atoms with Crippen molar-refractivity contribution in [3.63, 3.8) is 0 Å². The number of hydrogen-bond donors (Lipinski definition) is 1. The standard InChI is InChI=1S/C17H20N2O/c1-18-16(8-7-13-4-3-10-19-12-13)15-6-2-5-14-9-11-20-17(14)15/h2-6,10,12,16,18H,7-9,11H2,1H3. The summed E-state index contributed by atoms with van der Waals surface area (Å²) >= 11 is 0. The van der Waals surface area contributed by atoms with Crippen LogP contribution >= 0.6 is 0 Å². The Morgan fingerprint density at radius 3 is 3.05 bits per heavy atom. The molecule has 0 bridgehead atoms. The van der Waals surface area contributed by atoms with E-state index in [9.17, 15) is 0 Å². The summed E-state index contributed by atoms with van der Waals surface area (Å²) in [5.74, 6) is 1.10. The minimum absolute atomic E-state index is 0.322. The molecule has 3 nitrogen and oxygen atoms in total. The Bertz CT molecular complexity index is 568. The predicted octanol–water partition coefficient (Wildman–Crippen LogP) is 2.91. The monoisotopic (exact) mass is 268 g/mol. The van der Waals surface area contributed by atoms with Crippen molar-refractivity contribution in [3.8, 4) is 5.75 Å². The number of pyridine rings is 1. The molecule has 2 aromatic rings. The summed E-state index contributed by atoms with van der Waals surface area (Å²) < 4.78 is 5.81. The Morgan fingerprint density at radius 1 is 1.30 bits per heavy atom. The van der Waals surface area contributed by atoms with Crippen LogP contribution in [0.25, 0.3) is 0 Å². The van der Waals surface area contributed by atoms with E-state index in [1.165, 1.54) is 16.7 Å². The van der Waals surface area contributed by atoms with Crippen LogP contribution in [0.3, 0.4) is 0 Å². The summed E-state index contributed by atoms with van der Waals surface area (Å²) in [5.41, 5.74) is 3.90. The van der Waals surface area contributed by atoms with Gasteiger partial charge in [0.2, 0.25) is 0 Å². The Morgan fingerprint density at radius 2 is 2.25 bits per heavy atom. The number of ether oxygens (including phenoxy) is 1. The van der Waals surface area contributed by atoms with Crippen LogP contribution in [0.5, 0.6) is 5.75 Å². The third-order valence-electron chi connectivity index (χ3n) is 3.91. The van der Waals surface area contributed by atoms with Gasteiger partial charge >= 0.3 is 0 Å². The molecular formula is C17H20N2O. The molecule has 0 radical (unpaired) electrons. The number of aromatic nitrogens is 1. The molecule has 0 amide bonds. The van der Waals surface area contributed by atoms with E-state index in [4.69, 9.17) is 4.74 Å². The lowest BCUT2D eigenvalue weighted by atomic mass is 9.97. The quantitative estimate of drug-likeness (QED) is 0.905. The van der Waals surface area contributed by atoms with Crippen LogP contribution < -0.4 is 10.1 Å². The van der Waals surface area contributed by atoms with Gasteiger partial charge in [0.15, 0.2) is 0 Å². The van der Waals surface area contributed by atoms with Gasteiger partial charge in [-0.3, -0.25) is 4.98 Å². The largest absolute Gasteiger partial charge is 0.493 e. The molecule has 1 aliphatic heterocycles. The van der Waals surface area contributed by atoms with E-state index < -0.39 is 0 Å². The highest BCUT2D eigenvalue weighted by atomic mass is 16.5. The lowest BCUT2D eigenvalue weighted by molar-refractivity contribution is 0.348. The second-order valence-corrected chi connectivity index (χ2v) is 5.18. The smallest absolute Gasteiger partial charge is 0.127 e. The zero-order valence-corrected chi connectivity index (χ0v) is 11.8. The SMILES string of the molecule is CNC(CCc1cccnc1)c1cccc2c1OCC2. The summed E-state index contributed by atoms with van der Waals surface area (Å²) in [6.45, 7) is 0.811. The van der Waals surface area contributed by atoms with Gasteiger partial charge in [0.25, 0.3) is 0 Å². The summed E-state index contributed by atoms with van der Waals surface area (Å²) in [7, 11) is 2.02. The topological polar surface area (TPSA) is 34.2 Å². The average molecular weight is 268 g/mol. The third kappa shape index (κ3) is 2.68. The fourth-order valence-corrected chi connectivity index (χ4v) is 2.83. The molecule has 0 aliphatic carbocycles. The van der Waals surface area contributed by atoms with E-state index in [-0.39, 0.29) is 0 Å². The number of fused-ring (bicyclic) bond motifs is 1. The van der Waals surface area contributed by atoms with E-state index in [1.54, 1.807) is 0 Å². The van der Waals surface area contributed by atoms with Gasteiger partial charge in [-0.2, -0.15) is 0 Å². The maximum atomic E-state index is 5.81. The molecule has 1 aliphatic rings. The maximum Gasteiger partial charge on any atom is 0.127 e. The Labute approximate surface area is 120 Å². The molecule has 1 atom stereocenters. The van der Waals surface area contributed by atoms with E-state index in [0.717, 1.165) is 31.6 Å². The molecule has 0 spiro atoms. The molecule has 1 aromatic carbocycles. The Balaban J connectivity index is 1.75. The van der Waals surface area contributed by atoms with Crippen LogP contribution in [0.15, 0.2) is 42.7 Å². The van der Waals surface area contributed by atoms with Gasteiger partial charge in [-0.1, -0.05) is 24.3 Å². The molecule has 0 saturated carbocycles. The first-order valence-corrected chi connectivity index (χ1v) is 7.19. The highest BCUT2D eigenvalue weighted by Gasteiger charge is 2.20. The van der Waals surface area contributed by atoms with Gasteiger partial charge < -0.3 is 10.1 Å². The predicted molar refractivity (Wildman–Crippen MR) is 80.0 cm³/mol. The van der Waals surface area contributed by atoms with Crippen molar-refractivity contribution < 1.29 is 4.74 Å². The van der Waals surface area contributed by atoms with Crippen molar-refractivity contribution >= 4 is 0 Å². The van der Waals surface area contributed by atoms with Gasteiger partial charge in [-0.15, -0.1) is 0 Å². The lowest BCUT2D eigenvalue weighted by Crippen LogP contribution is -2.18. The first kappa shape index (κ1) is 13.1. The van der Waals surface area contributed by atoms with E-state index >= 15 is 0 Å². The summed E-state index contributed by atoms with van der Waals surface area (Å²) in [6, 6.07) is 10.9. The number of nitrogens with zero attached hydrogens (tertiary/aromatic N) is 1. The van der Waals surface area contributed by atoms with Gasteiger partial charge in [-0.05, 0) is 37.1 Å². The molecule has 0 fully saturated rings. The molecule has 0 saturated heterocycles.